The van der Waals surface area contributed by atoms with E-state index in [1.54, 1.807) is 4.90 Å². The lowest BCUT2D eigenvalue weighted by molar-refractivity contribution is 0.0676. The maximum absolute atomic E-state index is 13.6. The number of anilines is 2. The van der Waals surface area contributed by atoms with Crippen LogP contribution < -0.4 is 5.32 Å². The Morgan fingerprint density at radius 3 is 2.58 bits per heavy atom. The van der Waals surface area contributed by atoms with Crippen LogP contribution in [0.2, 0.25) is 0 Å². The average molecular weight is 332 g/mol. The molecule has 0 spiro atoms. The van der Waals surface area contributed by atoms with E-state index >= 15 is 0 Å². The Hall–Kier alpha value is -2.57. The maximum atomic E-state index is 13.6. The molecule has 0 saturated carbocycles. The number of piperidine rings is 1. The molecule has 2 heterocycles. The highest BCUT2D eigenvalue weighted by atomic mass is 19.1. The summed E-state index contributed by atoms with van der Waals surface area (Å²) in [7, 11) is 0. The van der Waals surface area contributed by atoms with Crippen LogP contribution in [0.1, 0.15) is 30.3 Å². The van der Waals surface area contributed by atoms with Gasteiger partial charge < -0.3 is 10.2 Å². The number of para-hydroxylation sites is 1. The smallest absolute Gasteiger partial charge is 0.274 e. The van der Waals surface area contributed by atoms with Crippen LogP contribution in [0.15, 0.2) is 30.3 Å². The van der Waals surface area contributed by atoms with Crippen molar-refractivity contribution in [1.29, 1.82) is 0 Å². The molecule has 7 heteroatoms. The zero-order valence-electron chi connectivity index (χ0n) is 13.3. The van der Waals surface area contributed by atoms with Crippen LogP contribution in [0.3, 0.4) is 0 Å². The van der Waals surface area contributed by atoms with Crippen LogP contribution >= 0.6 is 0 Å². The third-order valence-electron chi connectivity index (χ3n) is 4.04. The first-order chi connectivity index (χ1) is 11.5. The first kappa shape index (κ1) is 16.3. The van der Waals surface area contributed by atoms with Crippen molar-refractivity contribution in [2.75, 3.05) is 18.4 Å². The summed E-state index contributed by atoms with van der Waals surface area (Å²) in [5, 5.41) is 10.3. The Bertz CT molecular complexity index is 716. The molecule has 2 aromatic rings. The summed E-state index contributed by atoms with van der Waals surface area (Å²) in [4.78, 5) is 14.2. The fourth-order valence-corrected chi connectivity index (χ4v) is 2.79. The van der Waals surface area contributed by atoms with Crippen molar-refractivity contribution in [3.05, 3.63) is 47.7 Å². The average Bonchev–Trinajstić information content (AvgIpc) is 2.58. The highest BCUT2D eigenvalue weighted by Crippen LogP contribution is 2.22. The zero-order chi connectivity index (χ0) is 17.1. The molecule has 1 N–H and O–H groups in total. The molecule has 1 aromatic heterocycles. The number of carbonyl (C=O) groups excluding carboxylic acids is 1. The maximum Gasteiger partial charge on any atom is 0.274 e. The zero-order valence-corrected chi connectivity index (χ0v) is 13.3. The third-order valence-corrected chi connectivity index (χ3v) is 4.04. The quantitative estimate of drug-likeness (QED) is 0.936. The Labute approximate surface area is 138 Å². The molecule has 1 aromatic carbocycles. The Morgan fingerprint density at radius 1 is 1.21 bits per heavy atom. The number of halogens is 2. The summed E-state index contributed by atoms with van der Waals surface area (Å²) in [6, 6.07) is 6.57. The second-order valence-corrected chi connectivity index (χ2v) is 6.02. The van der Waals surface area contributed by atoms with E-state index in [1.807, 2.05) is 0 Å². The van der Waals surface area contributed by atoms with Gasteiger partial charge in [-0.05, 0) is 43.0 Å². The summed E-state index contributed by atoms with van der Waals surface area (Å²) >= 11 is 0. The number of nitrogens with zero attached hydrogens (tertiary/aromatic N) is 3. The van der Waals surface area contributed by atoms with E-state index in [0.29, 0.717) is 19.0 Å². The van der Waals surface area contributed by atoms with Gasteiger partial charge >= 0.3 is 0 Å². The number of amides is 1. The molecule has 1 saturated heterocycles. The van der Waals surface area contributed by atoms with Gasteiger partial charge in [0.2, 0.25) is 0 Å². The highest BCUT2D eigenvalue weighted by Gasteiger charge is 2.23. The van der Waals surface area contributed by atoms with E-state index in [0.717, 1.165) is 25.0 Å². The summed E-state index contributed by atoms with van der Waals surface area (Å²) in [6.45, 7) is 3.54. The van der Waals surface area contributed by atoms with E-state index in [4.69, 9.17) is 0 Å². The number of aromatic nitrogens is 2. The summed E-state index contributed by atoms with van der Waals surface area (Å²) in [5.74, 6) is -0.973. The number of rotatable bonds is 3. The fraction of sp³-hybridized carbons (Fsp3) is 0.353. The topological polar surface area (TPSA) is 58.1 Å². The molecule has 1 amide bonds. The van der Waals surface area contributed by atoms with Gasteiger partial charge in [-0.2, -0.15) is 0 Å². The van der Waals surface area contributed by atoms with Crippen LogP contribution in [0.5, 0.6) is 0 Å². The van der Waals surface area contributed by atoms with Crippen molar-refractivity contribution in [2.24, 2.45) is 5.92 Å². The minimum Gasteiger partial charge on any atom is -0.337 e. The number of likely N-dealkylation sites (tertiary alicyclic amines) is 1. The van der Waals surface area contributed by atoms with E-state index in [1.165, 1.54) is 18.2 Å². The second-order valence-electron chi connectivity index (χ2n) is 6.02. The molecule has 24 heavy (non-hydrogen) atoms. The van der Waals surface area contributed by atoms with Crippen molar-refractivity contribution >= 4 is 17.4 Å². The van der Waals surface area contributed by atoms with Gasteiger partial charge in [-0.25, -0.2) is 8.78 Å². The molecule has 1 atom stereocenters. The van der Waals surface area contributed by atoms with Gasteiger partial charge in [0.15, 0.2) is 11.5 Å². The molecule has 0 aliphatic carbocycles. The first-order valence-electron chi connectivity index (χ1n) is 7.88. The predicted molar refractivity (Wildman–Crippen MR) is 86.0 cm³/mol. The van der Waals surface area contributed by atoms with Crippen molar-refractivity contribution in [1.82, 2.24) is 15.1 Å². The molecule has 1 aliphatic heterocycles. The summed E-state index contributed by atoms with van der Waals surface area (Å²) in [6.07, 6.45) is 2.10. The lowest BCUT2D eigenvalue weighted by Crippen LogP contribution is -2.39. The Kier molecular flexibility index (Phi) is 4.69. The predicted octanol–water partition coefficient (Wildman–Crippen LogP) is 3.37. The van der Waals surface area contributed by atoms with Gasteiger partial charge in [-0.1, -0.05) is 13.0 Å². The van der Waals surface area contributed by atoms with Crippen molar-refractivity contribution in [3.63, 3.8) is 0 Å². The van der Waals surface area contributed by atoms with Crippen LogP contribution in [-0.2, 0) is 0 Å². The van der Waals surface area contributed by atoms with Crippen molar-refractivity contribution in [3.8, 4) is 0 Å². The van der Waals surface area contributed by atoms with E-state index in [2.05, 4.69) is 22.4 Å². The molecule has 1 unspecified atom stereocenters. The lowest BCUT2D eigenvalue weighted by atomic mass is 10.00. The molecule has 0 bridgehead atoms. The molecule has 126 valence electrons. The van der Waals surface area contributed by atoms with Crippen LogP contribution in [-0.4, -0.2) is 34.1 Å². The lowest BCUT2D eigenvalue weighted by Gasteiger charge is -2.30. The third kappa shape index (κ3) is 3.50. The normalized spacial score (nSPS) is 17.6. The SMILES string of the molecule is CC1CCCN(C(=O)c2ccc(Nc3c(F)cccc3F)nn2)C1. The molecular weight excluding hydrogens is 314 g/mol. The van der Waals surface area contributed by atoms with Crippen LogP contribution in [0.25, 0.3) is 0 Å². The molecule has 5 nitrogen and oxygen atoms in total. The van der Waals surface area contributed by atoms with Crippen molar-refractivity contribution in [2.45, 2.75) is 19.8 Å². The van der Waals surface area contributed by atoms with Crippen LogP contribution in [0.4, 0.5) is 20.3 Å². The van der Waals surface area contributed by atoms with E-state index < -0.39 is 11.6 Å². The first-order valence-corrected chi connectivity index (χ1v) is 7.88. The van der Waals surface area contributed by atoms with Gasteiger partial charge in [0.25, 0.3) is 5.91 Å². The van der Waals surface area contributed by atoms with Gasteiger partial charge in [0.05, 0.1) is 0 Å². The number of hydrogen-bond donors (Lipinski definition) is 1. The number of nitrogens with one attached hydrogen (secondary N) is 1. The molecule has 1 aliphatic rings. The summed E-state index contributed by atoms with van der Waals surface area (Å²) < 4.78 is 27.2. The minimum atomic E-state index is -0.723. The number of benzene rings is 1. The number of hydrogen-bond acceptors (Lipinski definition) is 4. The van der Waals surface area contributed by atoms with Gasteiger partial charge in [-0.15, -0.1) is 10.2 Å². The monoisotopic (exact) mass is 332 g/mol. The molecule has 3 rings (SSSR count). The molecular formula is C17H18F2N4O. The Balaban J connectivity index is 1.72. The fourth-order valence-electron chi connectivity index (χ4n) is 2.79. The number of carbonyl (C=O) groups is 1. The largest absolute Gasteiger partial charge is 0.337 e. The summed E-state index contributed by atoms with van der Waals surface area (Å²) in [5.41, 5.74) is -0.0700. The van der Waals surface area contributed by atoms with Gasteiger partial charge in [0.1, 0.15) is 17.3 Å². The van der Waals surface area contributed by atoms with Crippen LogP contribution in [0, 0.1) is 17.6 Å². The highest BCUT2D eigenvalue weighted by molar-refractivity contribution is 5.92. The Morgan fingerprint density at radius 2 is 1.96 bits per heavy atom. The minimum absolute atomic E-state index is 0.169. The van der Waals surface area contributed by atoms with E-state index in [9.17, 15) is 13.6 Å². The second kappa shape index (κ2) is 6.90. The molecule has 0 radical (unpaired) electrons. The molecule has 1 fully saturated rings. The standard InChI is InChI=1S/C17H18F2N4O/c1-11-4-3-9-23(10-11)17(24)14-7-8-15(22-21-14)20-16-12(18)5-2-6-13(16)19/h2,5-8,11H,3-4,9-10H2,1H3,(H,20,22). The van der Waals surface area contributed by atoms with Gasteiger partial charge in [-0.3, -0.25) is 4.79 Å². The van der Waals surface area contributed by atoms with Crippen molar-refractivity contribution < 1.29 is 13.6 Å². The van der Waals surface area contributed by atoms with E-state index in [-0.39, 0.29) is 23.1 Å². The van der Waals surface area contributed by atoms with Gasteiger partial charge in [0, 0.05) is 13.1 Å².